The zero-order valence-electron chi connectivity index (χ0n) is 10.3. The second kappa shape index (κ2) is 5.43. The highest BCUT2D eigenvalue weighted by atomic mass is 32.1. The van der Waals surface area contributed by atoms with Crippen molar-refractivity contribution in [3.63, 3.8) is 0 Å². The lowest BCUT2D eigenvalue weighted by Gasteiger charge is -2.14. The largest absolute Gasteiger partial charge is 0.330 e. The van der Waals surface area contributed by atoms with Gasteiger partial charge in [0.05, 0.1) is 5.01 Å². The van der Waals surface area contributed by atoms with E-state index >= 15 is 0 Å². The second-order valence-corrected chi connectivity index (χ2v) is 5.38. The van der Waals surface area contributed by atoms with E-state index in [-0.39, 0.29) is 0 Å². The van der Waals surface area contributed by atoms with Crippen LogP contribution in [0.1, 0.15) is 27.7 Å². The van der Waals surface area contributed by atoms with Crippen molar-refractivity contribution in [2.45, 2.75) is 26.2 Å². The number of rotatable bonds is 4. The number of nitrogens with two attached hydrogens (primary N) is 1. The molecule has 2 aromatic rings. The number of benzene rings is 1. The van der Waals surface area contributed by atoms with Crippen molar-refractivity contribution in [3.05, 3.63) is 51.5 Å². The van der Waals surface area contributed by atoms with E-state index in [1.807, 2.05) is 6.92 Å². The van der Waals surface area contributed by atoms with Crippen LogP contribution in [-0.4, -0.2) is 11.5 Å². The van der Waals surface area contributed by atoms with E-state index < -0.39 is 0 Å². The van der Waals surface area contributed by atoms with Crippen molar-refractivity contribution in [1.82, 2.24) is 4.98 Å². The third-order valence-corrected chi connectivity index (χ3v) is 3.87. The smallest absolute Gasteiger partial charge is 0.0934 e. The summed E-state index contributed by atoms with van der Waals surface area (Å²) < 4.78 is 0. The van der Waals surface area contributed by atoms with Crippen LogP contribution in [0.25, 0.3) is 0 Å². The predicted molar refractivity (Wildman–Crippen MR) is 73.5 cm³/mol. The molecule has 0 amide bonds. The van der Waals surface area contributed by atoms with Crippen molar-refractivity contribution in [3.8, 4) is 0 Å². The van der Waals surface area contributed by atoms with E-state index in [1.54, 1.807) is 11.3 Å². The van der Waals surface area contributed by atoms with Crippen LogP contribution in [0.2, 0.25) is 0 Å². The summed E-state index contributed by atoms with van der Waals surface area (Å²) in [6, 6.07) is 8.59. The minimum Gasteiger partial charge on any atom is -0.330 e. The number of aromatic nitrogens is 1. The molecule has 2 rings (SSSR count). The minimum atomic E-state index is 0.375. The van der Waals surface area contributed by atoms with Crippen molar-refractivity contribution in [2.24, 2.45) is 5.73 Å². The molecule has 2 N–H and O–H groups in total. The van der Waals surface area contributed by atoms with Crippen LogP contribution in [0.3, 0.4) is 0 Å². The summed E-state index contributed by atoms with van der Waals surface area (Å²) in [6.07, 6.45) is 0.943. The standard InChI is InChI=1S/C14H18N2S/c1-10-4-3-5-12(6-10)13(8-15)7-14-16-11(2)9-17-14/h3-6,9,13H,7-8,15H2,1-2H3. The van der Waals surface area contributed by atoms with Gasteiger partial charge in [-0.1, -0.05) is 29.8 Å². The topological polar surface area (TPSA) is 38.9 Å². The Morgan fingerprint density at radius 3 is 2.76 bits per heavy atom. The van der Waals surface area contributed by atoms with Crippen molar-refractivity contribution < 1.29 is 0 Å². The molecule has 0 fully saturated rings. The number of nitrogens with zero attached hydrogens (tertiary/aromatic N) is 1. The fourth-order valence-corrected chi connectivity index (χ4v) is 2.82. The number of thiazole rings is 1. The Morgan fingerprint density at radius 2 is 2.18 bits per heavy atom. The Kier molecular flexibility index (Phi) is 3.92. The first-order valence-electron chi connectivity index (χ1n) is 5.86. The fraction of sp³-hybridized carbons (Fsp3) is 0.357. The van der Waals surface area contributed by atoms with Gasteiger partial charge in [-0.2, -0.15) is 0 Å². The average molecular weight is 246 g/mol. The van der Waals surface area contributed by atoms with E-state index in [0.717, 1.165) is 12.1 Å². The molecule has 1 heterocycles. The maximum absolute atomic E-state index is 5.89. The minimum absolute atomic E-state index is 0.375. The summed E-state index contributed by atoms with van der Waals surface area (Å²) >= 11 is 1.73. The molecule has 0 aliphatic heterocycles. The average Bonchev–Trinajstić information content (AvgIpc) is 2.72. The summed E-state index contributed by atoms with van der Waals surface area (Å²) in [5, 5.41) is 3.28. The molecule has 0 aliphatic rings. The monoisotopic (exact) mass is 246 g/mol. The summed E-state index contributed by atoms with van der Waals surface area (Å²) in [7, 11) is 0. The van der Waals surface area contributed by atoms with Gasteiger partial charge in [0, 0.05) is 23.4 Å². The molecule has 90 valence electrons. The highest BCUT2D eigenvalue weighted by Crippen LogP contribution is 2.22. The van der Waals surface area contributed by atoms with Crippen molar-refractivity contribution >= 4 is 11.3 Å². The molecule has 0 spiro atoms. The lowest BCUT2D eigenvalue weighted by atomic mass is 9.95. The van der Waals surface area contributed by atoms with E-state index in [2.05, 4.69) is 41.6 Å². The van der Waals surface area contributed by atoms with Gasteiger partial charge < -0.3 is 5.73 Å². The highest BCUT2D eigenvalue weighted by Gasteiger charge is 2.12. The van der Waals surface area contributed by atoms with Crippen LogP contribution in [0.4, 0.5) is 0 Å². The Labute approximate surface area is 107 Å². The van der Waals surface area contributed by atoms with Gasteiger partial charge >= 0.3 is 0 Å². The first-order valence-corrected chi connectivity index (χ1v) is 6.74. The van der Waals surface area contributed by atoms with Gasteiger partial charge in [-0.3, -0.25) is 0 Å². The maximum Gasteiger partial charge on any atom is 0.0934 e. The second-order valence-electron chi connectivity index (χ2n) is 4.43. The highest BCUT2D eigenvalue weighted by molar-refractivity contribution is 7.09. The summed E-state index contributed by atoms with van der Waals surface area (Å²) in [6.45, 7) is 4.82. The van der Waals surface area contributed by atoms with Gasteiger partial charge in [-0.25, -0.2) is 4.98 Å². The van der Waals surface area contributed by atoms with Gasteiger partial charge in [-0.15, -0.1) is 11.3 Å². The molecule has 0 aliphatic carbocycles. The van der Waals surface area contributed by atoms with E-state index in [1.165, 1.54) is 16.1 Å². The molecule has 0 radical (unpaired) electrons. The van der Waals surface area contributed by atoms with E-state index in [4.69, 9.17) is 5.73 Å². The molecule has 17 heavy (non-hydrogen) atoms. The number of aryl methyl sites for hydroxylation is 2. The SMILES string of the molecule is Cc1cccc(C(CN)Cc2nc(C)cs2)c1. The van der Waals surface area contributed by atoms with Crippen LogP contribution >= 0.6 is 11.3 Å². The Morgan fingerprint density at radius 1 is 1.35 bits per heavy atom. The molecule has 2 nitrogen and oxygen atoms in total. The third kappa shape index (κ3) is 3.14. The van der Waals surface area contributed by atoms with Crippen LogP contribution in [-0.2, 0) is 6.42 Å². The van der Waals surface area contributed by atoms with Crippen molar-refractivity contribution in [2.75, 3.05) is 6.54 Å². The first kappa shape index (κ1) is 12.3. The lowest BCUT2D eigenvalue weighted by Crippen LogP contribution is -2.15. The van der Waals surface area contributed by atoms with Gasteiger partial charge in [-0.05, 0) is 26.0 Å². The van der Waals surface area contributed by atoms with E-state index in [0.29, 0.717) is 12.5 Å². The molecule has 1 aromatic carbocycles. The molecule has 0 bridgehead atoms. The molecular weight excluding hydrogens is 228 g/mol. The summed E-state index contributed by atoms with van der Waals surface area (Å²) in [4.78, 5) is 4.51. The normalized spacial score (nSPS) is 12.6. The first-order chi connectivity index (χ1) is 8.19. The van der Waals surface area contributed by atoms with Gasteiger partial charge in [0.15, 0.2) is 0 Å². The van der Waals surface area contributed by atoms with Gasteiger partial charge in [0.2, 0.25) is 0 Å². The molecular formula is C14H18N2S. The Hall–Kier alpha value is -1.19. The zero-order chi connectivity index (χ0) is 12.3. The fourth-order valence-electron chi connectivity index (χ4n) is 1.97. The van der Waals surface area contributed by atoms with Crippen LogP contribution in [0, 0.1) is 13.8 Å². The predicted octanol–water partition coefficient (Wildman–Crippen LogP) is 3.04. The summed E-state index contributed by atoms with van der Waals surface area (Å²) in [5.41, 5.74) is 9.60. The molecule has 1 unspecified atom stereocenters. The number of hydrogen-bond acceptors (Lipinski definition) is 3. The van der Waals surface area contributed by atoms with Gasteiger partial charge in [0.25, 0.3) is 0 Å². The quantitative estimate of drug-likeness (QED) is 0.900. The van der Waals surface area contributed by atoms with E-state index in [9.17, 15) is 0 Å². The van der Waals surface area contributed by atoms with Gasteiger partial charge in [0.1, 0.15) is 0 Å². The molecule has 3 heteroatoms. The molecule has 1 atom stereocenters. The molecule has 0 saturated carbocycles. The Balaban J connectivity index is 2.16. The van der Waals surface area contributed by atoms with Crippen LogP contribution < -0.4 is 5.73 Å². The lowest BCUT2D eigenvalue weighted by molar-refractivity contribution is 0.690. The van der Waals surface area contributed by atoms with Crippen LogP contribution in [0.5, 0.6) is 0 Å². The van der Waals surface area contributed by atoms with Crippen LogP contribution in [0.15, 0.2) is 29.6 Å². The Bertz CT molecular complexity index is 490. The third-order valence-electron chi connectivity index (χ3n) is 2.89. The van der Waals surface area contributed by atoms with Crippen molar-refractivity contribution in [1.29, 1.82) is 0 Å². The maximum atomic E-state index is 5.89. The summed E-state index contributed by atoms with van der Waals surface area (Å²) in [5.74, 6) is 0.375. The zero-order valence-corrected chi connectivity index (χ0v) is 11.1. The number of hydrogen-bond donors (Lipinski definition) is 1. The molecule has 0 saturated heterocycles. The molecule has 1 aromatic heterocycles.